The lowest BCUT2D eigenvalue weighted by atomic mass is 9.84. The molecule has 0 amide bonds. The number of aliphatic imine (C=N–C) groups is 1. The molecule has 1 rings (SSSR count). The Hall–Kier alpha value is -1.80. The highest BCUT2D eigenvalue weighted by Crippen LogP contribution is 2.34. The standard InChI is InChI=1S/C13H17NO3/c1-13(2,8-14-9-15)11-6-5-10(16-3)7-12(11)17-4/h5-7H,8H2,1-4H3. The van der Waals surface area contributed by atoms with Crippen LogP contribution < -0.4 is 9.47 Å². The van der Waals surface area contributed by atoms with Gasteiger partial charge in [0, 0.05) is 17.0 Å². The van der Waals surface area contributed by atoms with Gasteiger partial charge in [-0.2, -0.15) is 0 Å². The molecule has 4 nitrogen and oxygen atoms in total. The van der Waals surface area contributed by atoms with Crippen molar-refractivity contribution in [3.63, 3.8) is 0 Å². The molecule has 0 aliphatic heterocycles. The third-order valence-electron chi connectivity index (χ3n) is 2.68. The van der Waals surface area contributed by atoms with E-state index >= 15 is 0 Å². The summed E-state index contributed by atoms with van der Waals surface area (Å²) in [6.45, 7) is 4.37. The first-order chi connectivity index (χ1) is 8.05. The fraction of sp³-hybridized carbons (Fsp3) is 0.462. The lowest BCUT2D eigenvalue weighted by Gasteiger charge is -2.24. The number of methoxy groups -OCH3 is 2. The molecule has 4 heteroatoms. The predicted molar refractivity (Wildman–Crippen MR) is 65.6 cm³/mol. The van der Waals surface area contributed by atoms with Gasteiger partial charge in [0.25, 0.3) is 0 Å². The van der Waals surface area contributed by atoms with Crippen LogP contribution in [0.5, 0.6) is 11.5 Å². The van der Waals surface area contributed by atoms with Gasteiger partial charge in [-0.05, 0) is 6.07 Å². The maximum Gasteiger partial charge on any atom is 0.234 e. The minimum Gasteiger partial charge on any atom is -0.497 e. The van der Waals surface area contributed by atoms with Crippen molar-refractivity contribution in [2.45, 2.75) is 19.3 Å². The Bertz CT molecular complexity index is 434. The summed E-state index contributed by atoms with van der Waals surface area (Å²) in [5.41, 5.74) is 0.703. The van der Waals surface area contributed by atoms with Crippen molar-refractivity contribution in [3.05, 3.63) is 23.8 Å². The molecule has 0 saturated heterocycles. The Morgan fingerprint density at radius 2 is 2.00 bits per heavy atom. The summed E-state index contributed by atoms with van der Waals surface area (Å²) in [4.78, 5) is 13.8. The first kappa shape index (κ1) is 13.3. The number of rotatable bonds is 5. The minimum absolute atomic E-state index is 0.283. The van der Waals surface area contributed by atoms with Gasteiger partial charge in [0.2, 0.25) is 6.08 Å². The largest absolute Gasteiger partial charge is 0.497 e. The van der Waals surface area contributed by atoms with E-state index in [1.54, 1.807) is 20.3 Å². The first-order valence-electron chi connectivity index (χ1n) is 5.31. The van der Waals surface area contributed by atoms with E-state index in [0.717, 1.165) is 17.1 Å². The zero-order chi connectivity index (χ0) is 12.9. The molecule has 0 spiro atoms. The fourth-order valence-electron chi connectivity index (χ4n) is 1.67. The van der Waals surface area contributed by atoms with Crippen LogP contribution in [0.25, 0.3) is 0 Å². The topological polar surface area (TPSA) is 47.9 Å². The summed E-state index contributed by atoms with van der Waals surface area (Å²) in [7, 11) is 3.22. The number of nitrogens with zero attached hydrogens (tertiary/aromatic N) is 1. The van der Waals surface area contributed by atoms with Crippen LogP contribution in [0.4, 0.5) is 0 Å². The summed E-state index contributed by atoms with van der Waals surface area (Å²) in [6.07, 6.45) is 1.56. The van der Waals surface area contributed by atoms with Crippen LogP contribution >= 0.6 is 0 Å². The number of ether oxygens (including phenoxy) is 2. The maximum absolute atomic E-state index is 10.2. The normalized spacial score (nSPS) is 10.6. The minimum atomic E-state index is -0.283. The molecule has 0 fully saturated rings. The highest BCUT2D eigenvalue weighted by atomic mass is 16.5. The summed E-state index contributed by atoms with van der Waals surface area (Å²) in [5.74, 6) is 1.47. The van der Waals surface area contributed by atoms with Crippen molar-refractivity contribution >= 4 is 6.08 Å². The molecule has 1 aromatic carbocycles. The summed E-state index contributed by atoms with van der Waals surface area (Å²) >= 11 is 0. The molecule has 0 unspecified atom stereocenters. The maximum atomic E-state index is 10.2. The Labute approximate surface area is 101 Å². The van der Waals surface area contributed by atoms with Gasteiger partial charge in [0.05, 0.1) is 20.8 Å². The molecule has 0 heterocycles. The zero-order valence-electron chi connectivity index (χ0n) is 10.6. The average Bonchev–Trinajstić information content (AvgIpc) is 2.35. The van der Waals surface area contributed by atoms with Crippen LogP contribution in [-0.2, 0) is 10.2 Å². The van der Waals surface area contributed by atoms with Crippen molar-refractivity contribution in [2.24, 2.45) is 4.99 Å². The van der Waals surface area contributed by atoms with Crippen LogP contribution in [0.3, 0.4) is 0 Å². The highest BCUT2D eigenvalue weighted by molar-refractivity contribution is 5.45. The molecule has 0 aromatic heterocycles. The lowest BCUT2D eigenvalue weighted by molar-refractivity contribution is 0.380. The van der Waals surface area contributed by atoms with E-state index in [2.05, 4.69) is 4.99 Å². The van der Waals surface area contributed by atoms with Crippen molar-refractivity contribution < 1.29 is 14.3 Å². The van der Waals surface area contributed by atoms with Crippen molar-refractivity contribution in [1.29, 1.82) is 0 Å². The SMILES string of the molecule is COc1ccc(C(C)(C)CN=C=O)c(OC)c1. The summed E-state index contributed by atoms with van der Waals surface area (Å²) in [6, 6.07) is 5.62. The molecule has 0 atom stereocenters. The molecule has 0 aliphatic carbocycles. The van der Waals surface area contributed by atoms with Crippen LogP contribution in [0, 0.1) is 0 Å². The molecule has 0 bridgehead atoms. The van der Waals surface area contributed by atoms with Crippen LogP contribution in [0.2, 0.25) is 0 Å². The Morgan fingerprint density at radius 3 is 2.53 bits per heavy atom. The zero-order valence-corrected chi connectivity index (χ0v) is 10.6. The molecule has 0 saturated carbocycles. The second-order valence-corrected chi connectivity index (χ2v) is 4.36. The van der Waals surface area contributed by atoms with Gasteiger partial charge in [-0.25, -0.2) is 9.79 Å². The molecule has 92 valence electrons. The van der Waals surface area contributed by atoms with Crippen molar-refractivity contribution in [3.8, 4) is 11.5 Å². The number of hydrogen-bond donors (Lipinski definition) is 0. The molecule has 0 aliphatic rings. The van der Waals surface area contributed by atoms with Gasteiger partial charge in [-0.3, -0.25) is 0 Å². The highest BCUT2D eigenvalue weighted by Gasteiger charge is 2.24. The summed E-state index contributed by atoms with van der Waals surface area (Å²) < 4.78 is 10.5. The van der Waals surface area contributed by atoms with E-state index in [9.17, 15) is 4.79 Å². The molecule has 0 radical (unpaired) electrons. The van der Waals surface area contributed by atoms with E-state index in [1.807, 2.05) is 32.0 Å². The molecule has 1 aromatic rings. The average molecular weight is 235 g/mol. The first-order valence-corrected chi connectivity index (χ1v) is 5.31. The Morgan fingerprint density at radius 1 is 1.29 bits per heavy atom. The van der Waals surface area contributed by atoms with E-state index in [-0.39, 0.29) is 5.41 Å². The molecular weight excluding hydrogens is 218 g/mol. The number of isocyanates is 1. The molecule has 17 heavy (non-hydrogen) atoms. The van der Waals surface area contributed by atoms with Crippen molar-refractivity contribution in [1.82, 2.24) is 0 Å². The van der Waals surface area contributed by atoms with Gasteiger partial charge in [-0.15, -0.1) is 0 Å². The number of carbonyl (C=O) groups excluding carboxylic acids is 1. The van der Waals surface area contributed by atoms with Crippen LogP contribution in [0.1, 0.15) is 19.4 Å². The predicted octanol–water partition coefficient (Wildman–Crippen LogP) is 2.32. The Kier molecular flexibility index (Phi) is 4.30. The van der Waals surface area contributed by atoms with Gasteiger partial charge >= 0.3 is 0 Å². The second-order valence-electron chi connectivity index (χ2n) is 4.36. The quantitative estimate of drug-likeness (QED) is 0.581. The van der Waals surface area contributed by atoms with Gasteiger partial charge in [0.15, 0.2) is 0 Å². The van der Waals surface area contributed by atoms with E-state index in [4.69, 9.17) is 9.47 Å². The van der Waals surface area contributed by atoms with E-state index in [0.29, 0.717) is 6.54 Å². The van der Waals surface area contributed by atoms with E-state index in [1.165, 1.54) is 0 Å². The third kappa shape index (κ3) is 3.08. The molecule has 0 N–H and O–H groups in total. The van der Waals surface area contributed by atoms with E-state index < -0.39 is 0 Å². The molecular formula is C13H17NO3. The van der Waals surface area contributed by atoms with Crippen LogP contribution in [0.15, 0.2) is 23.2 Å². The monoisotopic (exact) mass is 235 g/mol. The van der Waals surface area contributed by atoms with Crippen molar-refractivity contribution in [2.75, 3.05) is 20.8 Å². The number of hydrogen-bond acceptors (Lipinski definition) is 4. The second kappa shape index (κ2) is 5.51. The smallest absolute Gasteiger partial charge is 0.234 e. The van der Waals surface area contributed by atoms with Crippen LogP contribution in [-0.4, -0.2) is 26.8 Å². The van der Waals surface area contributed by atoms with Gasteiger partial charge in [0.1, 0.15) is 11.5 Å². The number of benzene rings is 1. The third-order valence-corrected chi connectivity index (χ3v) is 2.68. The Balaban J connectivity index is 3.15. The summed E-state index contributed by atoms with van der Waals surface area (Å²) in [5, 5.41) is 0. The fourth-order valence-corrected chi connectivity index (χ4v) is 1.67. The van der Waals surface area contributed by atoms with Gasteiger partial charge in [-0.1, -0.05) is 19.9 Å². The lowest BCUT2D eigenvalue weighted by Crippen LogP contribution is -2.22. The van der Waals surface area contributed by atoms with Gasteiger partial charge < -0.3 is 9.47 Å².